The van der Waals surface area contributed by atoms with Gasteiger partial charge in [0.05, 0.1) is 0 Å². The van der Waals surface area contributed by atoms with Crippen molar-refractivity contribution in [3.8, 4) is 0 Å². The monoisotopic (exact) mass is 224 g/mol. The molecule has 1 spiro atoms. The standard InChI is InChI=1S/C12H20N2O2/c1-8(2)13-11(16)10-6-12(4-5-12)7-14(10)9(3)15/h8,10H,4-7H2,1-3H3,(H,13,16)/t10-/m0/s1. The first-order chi connectivity index (χ1) is 7.43. The molecule has 2 fully saturated rings. The van der Waals surface area contributed by atoms with Gasteiger partial charge in [-0.3, -0.25) is 9.59 Å². The summed E-state index contributed by atoms with van der Waals surface area (Å²) in [4.78, 5) is 25.2. The smallest absolute Gasteiger partial charge is 0.243 e. The number of carbonyl (C=O) groups is 2. The zero-order valence-corrected chi connectivity index (χ0v) is 10.2. The van der Waals surface area contributed by atoms with Gasteiger partial charge in [-0.05, 0) is 38.5 Å². The molecule has 2 aliphatic rings. The Morgan fingerprint density at radius 3 is 2.44 bits per heavy atom. The first kappa shape index (κ1) is 11.4. The van der Waals surface area contributed by atoms with Crippen LogP contribution in [0.4, 0.5) is 0 Å². The van der Waals surface area contributed by atoms with E-state index in [1.807, 2.05) is 13.8 Å². The molecule has 1 N–H and O–H groups in total. The number of rotatable bonds is 2. The van der Waals surface area contributed by atoms with Crippen LogP contribution in [0.1, 0.15) is 40.0 Å². The third-order valence-electron chi connectivity index (χ3n) is 3.60. The summed E-state index contributed by atoms with van der Waals surface area (Å²) in [6, 6.07) is -0.0977. The van der Waals surface area contributed by atoms with Gasteiger partial charge in [-0.15, -0.1) is 0 Å². The van der Waals surface area contributed by atoms with Gasteiger partial charge in [0.1, 0.15) is 6.04 Å². The topological polar surface area (TPSA) is 49.4 Å². The molecule has 1 saturated heterocycles. The number of nitrogens with zero attached hydrogens (tertiary/aromatic N) is 1. The van der Waals surface area contributed by atoms with Gasteiger partial charge in [-0.2, -0.15) is 0 Å². The second-order valence-electron chi connectivity index (χ2n) is 5.53. The fraction of sp³-hybridized carbons (Fsp3) is 0.833. The summed E-state index contributed by atoms with van der Waals surface area (Å²) < 4.78 is 0. The van der Waals surface area contributed by atoms with Crippen molar-refractivity contribution in [2.24, 2.45) is 5.41 Å². The van der Waals surface area contributed by atoms with Crippen LogP contribution in [0.25, 0.3) is 0 Å². The third kappa shape index (κ3) is 2.06. The lowest BCUT2D eigenvalue weighted by Crippen LogP contribution is -2.47. The SMILES string of the molecule is CC(=O)N1CC2(CC2)C[C@H]1C(=O)NC(C)C. The first-order valence-electron chi connectivity index (χ1n) is 6.01. The summed E-state index contributed by atoms with van der Waals surface area (Å²) in [7, 11) is 0. The highest BCUT2D eigenvalue weighted by atomic mass is 16.2. The van der Waals surface area contributed by atoms with Crippen LogP contribution >= 0.6 is 0 Å². The van der Waals surface area contributed by atoms with Gasteiger partial charge < -0.3 is 10.2 Å². The van der Waals surface area contributed by atoms with E-state index in [0.717, 1.165) is 13.0 Å². The largest absolute Gasteiger partial charge is 0.352 e. The molecule has 16 heavy (non-hydrogen) atoms. The van der Waals surface area contributed by atoms with E-state index in [1.165, 1.54) is 12.8 Å². The van der Waals surface area contributed by atoms with Crippen LogP contribution in [0.3, 0.4) is 0 Å². The average molecular weight is 224 g/mol. The Morgan fingerprint density at radius 2 is 2.00 bits per heavy atom. The van der Waals surface area contributed by atoms with Crippen molar-refractivity contribution >= 4 is 11.8 Å². The van der Waals surface area contributed by atoms with E-state index >= 15 is 0 Å². The van der Waals surface area contributed by atoms with E-state index in [1.54, 1.807) is 11.8 Å². The molecule has 0 aromatic carbocycles. The van der Waals surface area contributed by atoms with E-state index < -0.39 is 0 Å². The molecule has 0 bridgehead atoms. The first-order valence-corrected chi connectivity index (χ1v) is 6.01. The normalized spacial score (nSPS) is 26.2. The Labute approximate surface area is 96.4 Å². The molecule has 4 heteroatoms. The van der Waals surface area contributed by atoms with E-state index in [2.05, 4.69) is 5.32 Å². The zero-order chi connectivity index (χ0) is 11.9. The van der Waals surface area contributed by atoms with Crippen LogP contribution in [0, 0.1) is 5.41 Å². The number of carbonyl (C=O) groups excluding carboxylic acids is 2. The quantitative estimate of drug-likeness (QED) is 0.758. The average Bonchev–Trinajstić information content (AvgIpc) is 2.75. The summed E-state index contributed by atoms with van der Waals surface area (Å²) in [5.41, 5.74) is 0.282. The van der Waals surface area contributed by atoms with Gasteiger partial charge in [-0.25, -0.2) is 0 Å². The molecule has 0 aromatic rings. The summed E-state index contributed by atoms with van der Waals surface area (Å²) in [6.07, 6.45) is 3.19. The molecular weight excluding hydrogens is 204 g/mol. The fourth-order valence-electron chi connectivity index (χ4n) is 2.54. The van der Waals surface area contributed by atoms with Gasteiger partial charge >= 0.3 is 0 Å². The van der Waals surface area contributed by atoms with Crippen molar-refractivity contribution in [1.82, 2.24) is 10.2 Å². The van der Waals surface area contributed by atoms with Gasteiger partial charge in [0.2, 0.25) is 11.8 Å². The highest BCUT2D eigenvalue weighted by Crippen LogP contribution is 2.54. The number of nitrogens with one attached hydrogen (secondary N) is 1. The maximum Gasteiger partial charge on any atom is 0.243 e. The number of hydrogen-bond acceptors (Lipinski definition) is 2. The van der Waals surface area contributed by atoms with Crippen molar-refractivity contribution in [3.63, 3.8) is 0 Å². The van der Waals surface area contributed by atoms with E-state index in [4.69, 9.17) is 0 Å². The van der Waals surface area contributed by atoms with Crippen molar-refractivity contribution in [3.05, 3.63) is 0 Å². The lowest BCUT2D eigenvalue weighted by Gasteiger charge is -2.23. The third-order valence-corrected chi connectivity index (χ3v) is 3.60. The van der Waals surface area contributed by atoms with Crippen molar-refractivity contribution in [1.29, 1.82) is 0 Å². The van der Waals surface area contributed by atoms with E-state index in [-0.39, 0.29) is 29.3 Å². The molecule has 0 radical (unpaired) electrons. The fourth-order valence-corrected chi connectivity index (χ4v) is 2.54. The Bertz CT molecular complexity index is 321. The van der Waals surface area contributed by atoms with Crippen LogP contribution < -0.4 is 5.32 Å². The van der Waals surface area contributed by atoms with Crippen molar-refractivity contribution in [2.45, 2.75) is 52.1 Å². The zero-order valence-electron chi connectivity index (χ0n) is 10.2. The molecule has 1 heterocycles. The Hall–Kier alpha value is -1.06. The molecule has 90 valence electrons. The Kier molecular flexibility index (Phi) is 2.68. The minimum Gasteiger partial charge on any atom is -0.352 e. The van der Waals surface area contributed by atoms with E-state index in [0.29, 0.717) is 0 Å². The highest BCUT2D eigenvalue weighted by molar-refractivity contribution is 5.88. The molecule has 1 aliphatic heterocycles. The number of amides is 2. The van der Waals surface area contributed by atoms with Gasteiger partial charge in [0, 0.05) is 19.5 Å². The lowest BCUT2D eigenvalue weighted by molar-refractivity contribution is -0.137. The second-order valence-corrected chi connectivity index (χ2v) is 5.53. The molecule has 1 aliphatic carbocycles. The molecule has 0 unspecified atom stereocenters. The lowest BCUT2D eigenvalue weighted by atomic mass is 10.0. The van der Waals surface area contributed by atoms with Crippen LogP contribution in [-0.2, 0) is 9.59 Å². The predicted molar refractivity (Wildman–Crippen MR) is 60.7 cm³/mol. The van der Waals surface area contributed by atoms with Crippen LogP contribution in [0.2, 0.25) is 0 Å². The number of hydrogen-bond donors (Lipinski definition) is 1. The molecule has 0 aromatic heterocycles. The van der Waals surface area contributed by atoms with Crippen molar-refractivity contribution in [2.75, 3.05) is 6.54 Å². The molecular formula is C12H20N2O2. The molecule has 1 saturated carbocycles. The van der Waals surface area contributed by atoms with Gasteiger partial charge in [0.15, 0.2) is 0 Å². The number of likely N-dealkylation sites (tertiary alicyclic amines) is 1. The second kappa shape index (κ2) is 3.75. The van der Waals surface area contributed by atoms with Crippen LogP contribution in [-0.4, -0.2) is 35.3 Å². The van der Waals surface area contributed by atoms with Gasteiger partial charge in [0.25, 0.3) is 0 Å². The molecule has 4 nitrogen and oxygen atoms in total. The summed E-state index contributed by atoms with van der Waals surface area (Å²) >= 11 is 0. The van der Waals surface area contributed by atoms with Crippen LogP contribution in [0.5, 0.6) is 0 Å². The molecule has 2 rings (SSSR count). The van der Waals surface area contributed by atoms with Crippen LogP contribution in [0.15, 0.2) is 0 Å². The summed E-state index contributed by atoms with van der Waals surface area (Å²) in [5, 5.41) is 2.90. The Balaban J connectivity index is 2.06. The molecule has 1 atom stereocenters. The molecule has 2 amide bonds. The Morgan fingerprint density at radius 1 is 1.38 bits per heavy atom. The minimum absolute atomic E-state index is 0.00831. The summed E-state index contributed by atoms with van der Waals surface area (Å²) in [6.45, 7) is 6.21. The van der Waals surface area contributed by atoms with E-state index in [9.17, 15) is 9.59 Å². The highest BCUT2D eigenvalue weighted by Gasteiger charge is 2.54. The predicted octanol–water partition coefficient (Wildman–Crippen LogP) is 0.912. The van der Waals surface area contributed by atoms with Crippen molar-refractivity contribution < 1.29 is 9.59 Å². The van der Waals surface area contributed by atoms with Gasteiger partial charge in [-0.1, -0.05) is 0 Å². The summed E-state index contributed by atoms with van der Waals surface area (Å²) in [5.74, 6) is 0.0293. The minimum atomic E-state index is -0.234. The maximum absolute atomic E-state index is 12.0. The maximum atomic E-state index is 12.0.